The fourth-order valence-corrected chi connectivity index (χ4v) is 2.25. The Hall–Kier alpha value is -1.26. The van der Waals surface area contributed by atoms with Crippen LogP contribution in [0.2, 0.25) is 0 Å². The van der Waals surface area contributed by atoms with Gasteiger partial charge in [0, 0.05) is 0 Å². The van der Waals surface area contributed by atoms with Crippen LogP contribution < -0.4 is 5.32 Å². The molecular weight excluding hydrogens is 186 g/mol. The Kier molecular flexibility index (Phi) is 1.60. The highest BCUT2D eigenvalue weighted by Gasteiger charge is 2.63. The minimum atomic E-state index is -0.799. The minimum Gasteiger partial charge on any atom is -0.481 e. The molecule has 5 nitrogen and oxygen atoms in total. The van der Waals surface area contributed by atoms with Crippen molar-refractivity contribution < 1.29 is 19.4 Å². The maximum Gasteiger partial charge on any atom is 0.408 e. The van der Waals surface area contributed by atoms with Gasteiger partial charge in [0.15, 0.2) is 0 Å². The molecule has 0 atom stereocenters. The summed E-state index contributed by atoms with van der Waals surface area (Å²) in [7, 11) is 0. The van der Waals surface area contributed by atoms with Crippen molar-refractivity contribution in [3.63, 3.8) is 0 Å². The summed E-state index contributed by atoms with van der Waals surface area (Å²) in [6.45, 7) is 3.62. The highest BCUT2D eigenvalue weighted by molar-refractivity contribution is 5.76. The van der Waals surface area contributed by atoms with Gasteiger partial charge in [-0.1, -0.05) is 0 Å². The van der Waals surface area contributed by atoms with E-state index in [1.807, 2.05) is 13.8 Å². The molecule has 1 heterocycles. The number of ether oxygens (including phenoxy) is 1. The number of carboxylic acid groups (broad SMARTS) is 1. The molecule has 1 spiro atoms. The average Bonchev–Trinajstić information content (AvgIpc) is 2.15. The number of carbonyl (C=O) groups excluding carboxylic acids is 1. The van der Waals surface area contributed by atoms with Crippen LogP contribution in [0.1, 0.15) is 26.7 Å². The van der Waals surface area contributed by atoms with Crippen molar-refractivity contribution >= 4 is 12.1 Å². The fraction of sp³-hybridized carbons (Fsp3) is 0.778. The Morgan fingerprint density at radius 3 is 2.50 bits per heavy atom. The Morgan fingerprint density at radius 1 is 1.57 bits per heavy atom. The summed E-state index contributed by atoms with van der Waals surface area (Å²) in [6.07, 6.45) is 0.473. The molecule has 2 aliphatic rings. The summed E-state index contributed by atoms with van der Waals surface area (Å²) >= 11 is 0. The molecule has 0 radical (unpaired) electrons. The third-order valence-electron chi connectivity index (χ3n) is 3.38. The number of aliphatic carboxylic acids is 1. The highest BCUT2D eigenvalue weighted by atomic mass is 16.6. The highest BCUT2D eigenvalue weighted by Crippen LogP contribution is 2.49. The number of carboxylic acids is 1. The molecule has 2 N–H and O–H groups in total. The lowest BCUT2D eigenvalue weighted by Crippen LogP contribution is -2.63. The van der Waals surface area contributed by atoms with Crippen molar-refractivity contribution in [2.75, 3.05) is 0 Å². The number of carbonyl (C=O) groups is 2. The molecule has 5 heteroatoms. The Labute approximate surface area is 81.4 Å². The van der Waals surface area contributed by atoms with E-state index in [1.54, 1.807) is 0 Å². The molecule has 1 aliphatic heterocycles. The first kappa shape index (κ1) is 9.30. The number of nitrogens with one attached hydrogen (secondary N) is 1. The first-order valence-electron chi connectivity index (χ1n) is 4.60. The Bertz CT molecular complexity index is 304. The first-order valence-corrected chi connectivity index (χ1v) is 4.60. The third kappa shape index (κ3) is 1.01. The zero-order chi connectivity index (χ0) is 10.6. The molecule has 78 valence electrons. The van der Waals surface area contributed by atoms with Crippen LogP contribution in [0.25, 0.3) is 0 Å². The lowest BCUT2D eigenvalue weighted by Gasteiger charge is -2.48. The Balaban J connectivity index is 2.13. The van der Waals surface area contributed by atoms with E-state index >= 15 is 0 Å². The van der Waals surface area contributed by atoms with Crippen LogP contribution in [0.15, 0.2) is 0 Å². The standard InChI is InChI=1S/C9H13NO4/c1-8(2)9(10-7(13)14-8)3-5(4-9)6(11)12/h5H,3-4H2,1-2H3,(H,10,13)(H,11,12). The first-order chi connectivity index (χ1) is 6.36. The van der Waals surface area contributed by atoms with Crippen molar-refractivity contribution in [2.45, 2.75) is 37.8 Å². The van der Waals surface area contributed by atoms with E-state index in [1.165, 1.54) is 0 Å². The fourth-order valence-electron chi connectivity index (χ4n) is 2.25. The van der Waals surface area contributed by atoms with E-state index in [-0.39, 0.29) is 5.92 Å². The van der Waals surface area contributed by atoms with Gasteiger partial charge in [0.1, 0.15) is 5.60 Å². The molecule has 0 unspecified atom stereocenters. The number of amides is 1. The van der Waals surface area contributed by atoms with E-state index in [4.69, 9.17) is 9.84 Å². The number of cyclic esters (lactones) is 1. The summed E-state index contributed by atoms with van der Waals surface area (Å²) < 4.78 is 5.09. The minimum absolute atomic E-state index is 0.351. The molecule has 1 saturated heterocycles. The molecule has 0 aromatic heterocycles. The number of rotatable bonds is 1. The molecule has 0 aromatic rings. The van der Waals surface area contributed by atoms with Gasteiger partial charge in [-0.2, -0.15) is 0 Å². The maximum absolute atomic E-state index is 11.1. The van der Waals surface area contributed by atoms with Gasteiger partial charge in [0.2, 0.25) is 0 Å². The average molecular weight is 199 g/mol. The molecule has 1 aliphatic carbocycles. The van der Waals surface area contributed by atoms with Crippen LogP contribution in [0.5, 0.6) is 0 Å². The van der Waals surface area contributed by atoms with Crippen molar-refractivity contribution in [1.82, 2.24) is 5.32 Å². The second kappa shape index (κ2) is 2.40. The zero-order valence-electron chi connectivity index (χ0n) is 8.16. The normalized spacial score (nSPS) is 38.7. The number of alkyl carbamates (subject to hydrolysis) is 1. The summed E-state index contributed by atoms with van der Waals surface area (Å²) in [4.78, 5) is 21.7. The van der Waals surface area contributed by atoms with Gasteiger partial charge < -0.3 is 15.2 Å². The summed E-state index contributed by atoms with van der Waals surface area (Å²) in [5.74, 6) is -1.15. The van der Waals surface area contributed by atoms with Crippen LogP contribution in [0.3, 0.4) is 0 Å². The van der Waals surface area contributed by atoms with Gasteiger partial charge in [0.25, 0.3) is 0 Å². The number of hydrogen-bond acceptors (Lipinski definition) is 3. The van der Waals surface area contributed by atoms with E-state index < -0.39 is 23.2 Å². The van der Waals surface area contributed by atoms with Crippen LogP contribution in [0, 0.1) is 5.92 Å². The molecule has 1 amide bonds. The quantitative estimate of drug-likeness (QED) is 0.653. The van der Waals surface area contributed by atoms with Crippen molar-refractivity contribution in [2.24, 2.45) is 5.92 Å². The van der Waals surface area contributed by atoms with Crippen LogP contribution in [-0.2, 0) is 9.53 Å². The van der Waals surface area contributed by atoms with Gasteiger partial charge in [-0.05, 0) is 26.7 Å². The zero-order valence-corrected chi connectivity index (χ0v) is 8.16. The maximum atomic E-state index is 11.1. The lowest BCUT2D eigenvalue weighted by atomic mass is 9.61. The molecule has 14 heavy (non-hydrogen) atoms. The summed E-state index contributed by atoms with van der Waals surface area (Å²) in [5.41, 5.74) is -1.07. The lowest BCUT2D eigenvalue weighted by molar-refractivity contribution is -0.150. The largest absolute Gasteiger partial charge is 0.481 e. The molecule has 0 bridgehead atoms. The second-order valence-electron chi connectivity index (χ2n) is 4.55. The SMILES string of the molecule is CC1(C)OC(=O)NC12CC(C(=O)O)C2. The van der Waals surface area contributed by atoms with Crippen LogP contribution >= 0.6 is 0 Å². The third-order valence-corrected chi connectivity index (χ3v) is 3.38. The van der Waals surface area contributed by atoms with Crippen LogP contribution in [0.4, 0.5) is 4.79 Å². The molecule has 1 saturated carbocycles. The van der Waals surface area contributed by atoms with Gasteiger partial charge in [0.05, 0.1) is 11.5 Å². The number of hydrogen-bond donors (Lipinski definition) is 2. The van der Waals surface area contributed by atoms with Crippen molar-refractivity contribution in [1.29, 1.82) is 0 Å². The van der Waals surface area contributed by atoms with E-state index in [9.17, 15) is 9.59 Å². The monoisotopic (exact) mass is 199 g/mol. The summed E-state index contributed by atoms with van der Waals surface area (Å²) in [5, 5.41) is 11.5. The van der Waals surface area contributed by atoms with E-state index in [0.717, 1.165) is 0 Å². The van der Waals surface area contributed by atoms with E-state index in [2.05, 4.69) is 5.32 Å². The van der Waals surface area contributed by atoms with Gasteiger partial charge in [-0.25, -0.2) is 4.79 Å². The molecule has 0 aromatic carbocycles. The van der Waals surface area contributed by atoms with Crippen molar-refractivity contribution in [3.05, 3.63) is 0 Å². The molecule has 2 rings (SSSR count). The van der Waals surface area contributed by atoms with Gasteiger partial charge in [-0.15, -0.1) is 0 Å². The smallest absolute Gasteiger partial charge is 0.408 e. The predicted molar refractivity (Wildman–Crippen MR) is 46.8 cm³/mol. The predicted octanol–water partition coefficient (Wildman–Crippen LogP) is 0.738. The second-order valence-corrected chi connectivity index (χ2v) is 4.55. The van der Waals surface area contributed by atoms with Gasteiger partial charge >= 0.3 is 12.1 Å². The van der Waals surface area contributed by atoms with E-state index in [0.29, 0.717) is 12.8 Å². The van der Waals surface area contributed by atoms with Crippen molar-refractivity contribution in [3.8, 4) is 0 Å². The molecular formula is C9H13NO4. The topological polar surface area (TPSA) is 75.6 Å². The molecule has 2 fully saturated rings. The van der Waals surface area contributed by atoms with Crippen LogP contribution in [-0.4, -0.2) is 28.3 Å². The van der Waals surface area contributed by atoms with Gasteiger partial charge in [-0.3, -0.25) is 4.79 Å². The summed E-state index contributed by atoms with van der Waals surface area (Å²) in [6, 6.07) is 0. The Morgan fingerprint density at radius 2 is 2.14 bits per heavy atom.